The third-order valence-corrected chi connectivity index (χ3v) is 6.58. The van der Waals surface area contributed by atoms with Crippen LogP contribution in [0.4, 0.5) is 0 Å². The molecule has 0 saturated carbocycles. The van der Waals surface area contributed by atoms with Crippen LogP contribution in [0.3, 0.4) is 0 Å². The number of aromatic nitrogens is 3. The molecule has 156 valence electrons. The number of amides is 1. The van der Waals surface area contributed by atoms with Crippen molar-refractivity contribution in [2.75, 3.05) is 6.54 Å². The second-order valence-corrected chi connectivity index (χ2v) is 8.58. The highest BCUT2D eigenvalue weighted by Gasteiger charge is 2.24. The maximum Gasteiger partial charge on any atom is 0.277 e. The summed E-state index contributed by atoms with van der Waals surface area (Å²) in [5.74, 6) is -0.0232. The van der Waals surface area contributed by atoms with E-state index in [1.807, 2.05) is 59.7 Å². The van der Waals surface area contributed by atoms with E-state index in [2.05, 4.69) is 22.2 Å². The van der Waals surface area contributed by atoms with Crippen molar-refractivity contribution in [3.63, 3.8) is 0 Å². The first-order valence-electron chi connectivity index (χ1n) is 10.3. The molecule has 2 aromatic heterocycles. The molecule has 2 aromatic carbocycles. The number of carbonyl (C=O) groups excluding carboxylic acids is 1. The fourth-order valence-corrected chi connectivity index (χ4v) is 4.80. The first kappa shape index (κ1) is 19.5. The minimum Gasteiger partial charge on any atom is -0.338 e. The molecule has 0 aliphatic carbocycles. The van der Waals surface area contributed by atoms with Crippen LogP contribution in [0, 0.1) is 6.92 Å². The Morgan fingerprint density at radius 1 is 1.10 bits per heavy atom. The van der Waals surface area contributed by atoms with Gasteiger partial charge in [-0.15, -0.1) is 11.3 Å². The van der Waals surface area contributed by atoms with Gasteiger partial charge in [-0.1, -0.05) is 54.6 Å². The van der Waals surface area contributed by atoms with E-state index in [9.17, 15) is 9.59 Å². The molecule has 1 aliphatic heterocycles. The number of rotatable bonds is 4. The number of nitrogens with zero attached hydrogens (tertiary/aromatic N) is 3. The van der Waals surface area contributed by atoms with Crippen LogP contribution in [-0.2, 0) is 24.2 Å². The molecule has 1 N–H and O–H groups in total. The molecule has 0 spiro atoms. The Balaban J connectivity index is 1.37. The third kappa shape index (κ3) is 3.72. The summed E-state index contributed by atoms with van der Waals surface area (Å²) >= 11 is 1.40. The summed E-state index contributed by atoms with van der Waals surface area (Å²) in [4.78, 5) is 32.5. The van der Waals surface area contributed by atoms with Crippen LogP contribution in [0.15, 0.2) is 64.8 Å². The van der Waals surface area contributed by atoms with Crippen LogP contribution in [0.5, 0.6) is 0 Å². The van der Waals surface area contributed by atoms with Gasteiger partial charge in [-0.3, -0.25) is 14.7 Å². The molecule has 3 heterocycles. The fourth-order valence-electron chi connectivity index (χ4n) is 4.00. The molecule has 1 aliphatic rings. The summed E-state index contributed by atoms with van der Waals surface area (Å²) in [7, 11) is 0. The molecule has 1 amide bonds. The molecular formula is C24H22N4O2S. The lowest BCUT2D eigenvalue weighted by atomic mass is 9.99. The summed E-state index contributed by atoms with van der Waals surface area (Å²) in [6, 6.07) is 18.1. The molecule has 7 heteroatoms. The van der Waals surface area contributed by atoms with E-state index in [1.54, 1.807) is 0 Å². The van der Waals surface area contributed by atoms with Gasteiger partial charge in [0.1, 0.15) is 0 Å². The Morgan fingerprint density at radius 2 is 1.84 bits per heavy atom. The number of fused-ring (bicyclic) bond motifs is 1. The van der Waals surface area contributed by atoms with E-state index in [-0.39, 0.29) is 17.9 Å². The quantitative estimate of drug-likeness (QED) is 0.536. The number of H-pyrrole nitrogens is 1. The average Bonchev–Trinajstić information content (AvgIpc) is 3.40. The number of aromatic amines is 1. The van der Waals surface area contributed by atoms with Gasteiger partial charge in [-0.2, -0.15) is 4.68 Å². The highest BCUT2D eigenvalue weighted by molar-refractivity contribution is 7.12. The second-order valence-electron chi connectivity index (χ2n) is 7.75. The van der Waals surface area contributed by atoms with E-state index in [0.717, 1.165) is 17.7 Å². The molecule has 5 rings (SSSR count). The standard InChI is InChI=1S/C24H22N4O2S/c1-16-20(13-22(29)27-12-11-17-7-5-6-10-19(17)14-27)23(30)28(26-16)24-25-21(15-31-24)18-8-3-2-4-9-18/h2-10,15,26H,11-14H2,1H3. The Hall–Kier alpha value is -3.45. The molecule has 0 atom stereocenters. The SMILES string of the molecule is Cc1[nH]n(-c2nc(-c3ccccc3)cs2)c(=O)c1CC(=O)N1CCc2ccccc2C1. The zero-order valence-corrected chi connectivity index (χ0v) is 18.0. The van der Waals surface area contributed by atoms with E-state index >= 15 is 0 Å². The van der Waals surface area contributed by atoms with Gasteiger partial charge in [0.25, 0.3) is 5.56 Å². The molecule has 31 heavy (non-hydrogen) atoms. The molecule has 0 saturated heterocycles. The summed E-state index contributed by atoms with van der Waals surface area (Å²) in [6.45, 7) is 3.11. The predicted molar refractivity (Wildman–Crippen MR) is 122 cm³/mol. The van der Waals surface area contributed by atoms with Crippen molar-refractivity contribution >= 4 is 17.2 Å². The van der Waals surface area contributed by atoms with Crippen molar-refractivity contribution in [1.29, 1.82) is 0 Å². The number of carbonyl (C=O) groups is 1. The first-order chi connectivity index (χ1) is 15.1. The maximum atomic E-state index is 13.1. The normalized spacial score (nSPS) is 13.3. The number of hydrogen-bond acceptors (Lipinski definition) is 4. The maximum absolute atomic E-state index is 13.1. The van der Waals surface area contributed by atoms with Crippen molar-refractivity contribution in [3.8, 4) is 16.4 Å². The number of thiazole rings is 1. The van der Waals surface area contributed by atoms with E-state index in [4.69, 9.17) is 0 Å². The topological polar surface area (TPSA) is 71.0 Å². The fraction of sp³-hybridized carbons (Fsp3) is 0.208. The van der Waals surface area contributed by atoms with Crippen molar-refractivity contribution < 1.29 is 4.79 Å². The average molecular weight is 431 g/mol. The first-order valence-corrected chi connectivity index (χ1v) is 11.1. The smallest absolute Gasteiger partial charge is 0.277 e. The Kier molecular flexibility index (Phi) is 5.03. The van der Waals surface area contributed by atoms with Crippen molar-refractivity contribution in [3.05, 3.63) is 92.7 Å². The molecule has 0 radical (unpaired) electrons. The second kappa shape index (κ2) is 8.00. The lowest BCUT2D eigenvalue weighted by Crippen LogP contribution is -2.37. The van der Waals surface area contributed by atoms with Crippen molar-refractivity contribution in [1.82, 2.24) is 19.7 Å². The number of hydrogen-bond donors (Lipinski definition) is 1. The zero-order chi connectivity index (χ0) is 21.4. The molecule has 0 fully saturated rings. The summed E-state index contributed by atoms with van der Waals surface area (Å²) in [5.41, 5.74) is 5.29. The lowest BCUT2D eigenvalue weighted by molar-refractivity contribution is -0.131. The number of aryl methyl sites for hydroxylation is 1. The van der Waals surface area contributed by atoms with Crippen LogP contribution < -0.4 is 5.56 Å². The van der Waals surface area contributed by atoms with E-state index in [0.29, 0.717) is 29.5 Å². The highest BCUT2D eigenvalue weighted by atomic mass is 32.1. The van der Waals surface area contributed by atoms with Crippen LogP contribution in [0.2, 0.25) is 0 Å². The minimum atomic E-state index is -0.211. The van der Waals surface area contributed by atoms with Gasteiger partial charge < -0.3 is 4.90 Å². The summed E-state index contributed by atoms with van der Waals surface area (Å²) in [6.07, 6.45) is 0.937. The van der Waals surface area contributed by atoms with Crippen molar-refractivity contribution in [2.24, 2.45) is 0 Å². The van der Waals surface area contributed by atoms with Crippen LogP contribution in [0.25, 0.3) is 16.4 Å². The van der Waals surface area contributed by atoms with Gasteiger partial charge in [0.2, 0.25) is 11.0 Å². The van der Waals surface area contributed by atoms with Gasteiger partial charge in [-0.25, -0.2) is 4.98 Å². The number of benzene rings is 2. The van der Waals surface area contributed by atoms with Crippen LogP contribution in [-0.4, -0.2) is 32.1 Å². The van der Waals surface area contributed by atoms with Crippen molar-refractivity contribution in [2.45, 2.75) is 26.3 Å². The Labute approximate surface area is 183 Å². The van der Waals surface area contributed by atoms with Crippen LogP contribution in [0.1, 0.15) is 22.4 Å². The molecule has 4 aromatic rings. The monoisotopic (exact) mass is 430 g/mol. The molecule has 0 unspecified atom stereocenters. The van der Waals surface area contributed by atoms with Gasteiger partial charge in [0, 0.05) is 35.3 Å². The van der Waals surface area contributed by atoms with Gasteiger partial charge in [-0.05, 0) is 24.5 Å². The van der Waals surface area contributed by atoms with Gasteiger partial charge >= 0.3 is 0 Å². The number of nitrogens with one attached hydrogen (secondary N) is 1. The largest absolute Gasteiger partial charge is 0.338 e. The molecular weight excluding hydrogens is 408 g/mol. The predicted octanol–water partition coefficient (Wildman–Crippen LogP) is 3.72. The Bertz CT molecular complexity index is 1300. The van der Waals surface area contributed by atoms with Gasteiger partial charge in [0.05, 0.1) is 12.1 Å². The Morgan fingerprint density at radius 3 is 2.65 bits per heavy atom. The minimum absolute atomic E-state index is 0.0232. The third-order valence-electron chi connectivity index (χ3n) is 5.76. The van der Waals surface area contributed by atoms with Crippen LogP contribution >= 0.6 is 11.3 Å². The molecule has 6 nitrogen and oxygen atoms in total. The summed E-state index contributed by atoms with van der Waals surface area (Å²) < 4.78 is 1.44. The van der Waals surface area contributed by atoms with E-state index in [1.165, 1.54) is 27.1 Å². The lowest BCUT2D eigenvalue weighted by Gasteiger charge is -2.28. The van der Waals surface area contributed by atoms with Gasteiger partial charge in [0.15, 0.2) is 0 Å². The van der Waals surface area contributed by atoms with E-state index < -0.39 is 0 Å². The summed E-state index contributed by atoms with van der Waals surface area (Å²) in [5, 5.41) is 5.60. The molecule has 0 bridgehead atoms. The zero-order valence-electron chi connectivity index (χ0n) is 17.2. The highest BCUT2D eigenvalue weighted by Crippen LogP contribution is 2.24.